The lowest BCUT2D eigenvalue weighted by atomic mass is 10.1. The van der Waals surface area contributed by atoms with Crippen LogP contribution >= 0.6 is 0 Å². The molecule has 0 saturated heterocycles. The molecule has 5 nitrogen and oxygen atoms in total. The standard InChI is InChI=1S/C13H11FN4O/c1-8-3-4-11(14)10(5-8)13(19)17-12-9(6-15)7-16-18(12)2/h3-5,7H,1-2H3,(H,17,19). The van der Waals surface area contributed by atoms with Crippen molar-refractivity contribution in [2.75, 3.05) is 5.32 Å². The molecule has 6 heteroatoms. The molecule has 2 aromatic rings. The van der Waals surface area contributed by atoms with E-state index in [1.165, 1.54) is 23.0 Å². The van der Waals surface area contributed by atoms with Gasteiger partial charge < -0.3 is 5.32 Å². The molecule has 0 spiro atoms. The Labute approximate surface area is 109 Å². The molecule has 0 aliphatic carbocycles. The van der Waals surface area contributed by atoms with Crippen molar-refractivity contribution in [3.05, 3.63) is 46.9 Å². The Morgan fingerprint density at radius 2 is 2.26 bits per heavy atom. The second-order valence-corrected chi connectivity index (χ2v) is 4.08. The molecule has 0 aliphatic heterocycles. The Balaban J connectivity index is 2.34. The van der Waals surface area contributed by atoms with Gasteiger partial charge in [0.25, 0.3) is 5.91 Å². The zero-order chi connectivity index (χ0) is 14.0. The van der Waals surface area contributed by atoms with E-state index in [0.717, 1.165) is 5.56 Å². The topological polar surface area (TPSA) is 70.7 Å². The highest BCUT2D eigenvalue weighted by Crippen LogP contribution is 2.16. The lowest BCUT2D eigenvalue weighted by molar-refractivity contribution is 0.102. The molecular formula is C13H11FN4O. The lowest BCUT2D eigenvalue weighted by Crippen LogP contribution is -2.17. The molecule has 19 heavy (non-hydrogen) atoms. The normalized spacial score (nSPS) is 10.0. The summed E-state index contributed by atoms with van der Waals surface area (Å²) in [6.45, 7) is 1.76. The van der Waals surface area contributed by atoms with Gasteiger partial charge in [0.15, 0.2) is 0 Å². The van der Waals surface area contributed by atoms with Crippen LogP contribution in [-0.4, -0.2) is 15.7 Å². The van der Waals surface area contributed by atoms with Crippen LogP contribution in [-0.2, 0) is 7.05 Å². The number of aromatic nitrogens is 2. The number of nitrogens with zero attached hydrogens (tertiary/aromatic N) is 3. The van der Waals surface area contributed by atoms with Gasteiger partial charge >= 0.3 is 0 Å². The van der Waals surface area contributed by atoms with Gasteiger partial charge in [0.1, 0.15) is 23.3 Å². The first-order valence-corrected chi connectivity index (χ1v) is 5.52. The van der Waals surface area contributed by atoms with Crippen LogP contribution < -0.4 is 5.32 Å². The number of rotatable bonds is 2. The van der Waals surface area contributed by atoms with Crippen LogP contribution in [0.2, 0.25) is 0 Å². The molecule has 0 atom stereocenters. The molecule has 0 unspecified atom stereocenters. The molecule has 0 saturated carbocycles. The second-order valence-electron chi connectivity index (χ2n) is 4.08. The summed E-state index contributed by atoms with van der Waals surface area (Å²) in [5.74, 6) is -0.974. The third kappa shape index (κ3) is 2.45. The number of amides is 1. The van der Waals surface area contributed by atoms with E-state index < -0.39 is 11.7 Å². The van der Waals surface area contributed by atoms with E-state index in [4.69, 9.17) is 5.26 Å². The average Bonchev–Trinajstić information content (AvgIpc) is 2.73. The van der Waals surface area contributed by atoms with Gasteiger partial charge in [0.05, 0.1) is 11.8 Å². The van der Waals surface area contributed by atoms with E-state index in [9.17, 15) is 9.18 Å². The van der Waals surface area contributed by atoms with Crippen LogP contribution in [0.1, 0.15) is 21.5 Å². The third-order valence-electron chi connectivity index (χ3n) is 2.66. The molecule has 0 radical (unpaired) electrons. The molecule has 1 heterocycles. The number of nitrogens with one attached hydrogen (secondary N) is 1. The van der Waals surface area contributed by atoms with Crippen LogP contribution in [0.4, 0.5) is 10.2 Å². The first-order chi connectivity index (χ1) is 9.02. The van der Waals surface area contributed by atoms with E-state index in [-0.39, 0.29) is 16.9 Å². The van der Waals surface area contributed by atoms with Gasteiger partial charge in [0.2, 0.25) is 0 Å². The number of benzene rings is 1. The number of hydrogen-bond acceptors (Lipinski definition) is 3. The van der Waals surface area contributed by atoms with Gasteiger partial charge in [-0.25, -0.2) is 4.39 Å². The van der Waals surface area contributed by atoms with Crippen LogP contribution in [0.5, 0.6) is 0 Å². The van der Waals surface area contributed by atoms with Crippen molar-refractivity contribution in [3.8, 4) is 6.07 Å². The summed E-state index contributed by atoms with van der Waals surface area (Å²) in [5.41, 5.74) is 0.936. The van der Waals surface area contributed by atoms with Gasteiger partial charge in [0, 0.05) is 7.05 Å². The third-order valence-corrected chi connectivity index (χ3v) is 2.66. The van der Waals surface area contributed by atoms with Crippen molar-refractivity contribution >= 4 is 11.7 Å². The van der Waals surface area contributed by atoms with Gasteiger partial charge in [-0.1, -0.05) is 11.6 Å². The molecule has 96 valence electrons. The van der Waals surface area contributed by atoms with Crippen molar-refractivity contribution in [2.45, 2.75) is 6.92 Å². The van der Waals surface area contributed by atoms with Crippen molar-refractivity contribution in [1.29, 1.82) is 5.26 Å². The Kier molecular flexibility index (Phi) is 3.29. The second kappa shape index (κ2) is 4.90. The fourth-order valence-electron chi connectivity index (χ4n) is 1.66. The SMILES string of the molecule is Cc1ccc(F)c(C(=O)Nc2c(C#N)cnn2C)c1. The summed E-state index contributed by atoms with van der Waals surface area (Å²) in [6.07, 6.45) is 1.34. The predicted octanol–water partition coefficient (Wildman–Crippen LogP) is 1.99. The van der Waals surface area contributed by atoms with Crippen molar-refractivity contribution in [1.82, 2.24) is 9.78 Å². The number of carbonyl (C=O) groups excluding carboxylic acids is 1. The molecule has 1 N–H and O–H groups in total. The molecule has 0 fully saturated rings. The number of hydrogen-bond donors (Lipinski definition) is 1. The number of halogens is 1. The van der Waals surface area contributed by atoms with E-state index in [1.54, 1.807) is 20.0 Å². The lowest BCUT2D eigenvalue weighted by Gasteiger charge is -2.07. The molecule has 0 bridgehead atoms. The maximum Gasteiger partial charge on any atom is 0.259 e. The molecular weight excluding hydrogens is 247 g/mol. The summed E-state index contributed by atoms with van der Waals surface area (Å²) in [7, 11) is 1.59. The van der Waals surface area contributed by atoms with Crippen molar-refractivity contribution in [3.63, 3.8) is 0 Å². The first-order valence-electron chi connectivity index (χ1n) is 5.52. The van der Waals surface area contributed by atoms with Gasteiger partial charge in [-0.3, -0.25) is 9.48 Å². The van der Waals surface area contributed by atoms with Crippen molar-refractivity contribution < 1.29 is 9.18 Å². The van der Waals surface area contributed by atoms with Gasteiger partial charge in [-0.15, -0.1) is 0 Å². The minimum atomic E-state index is -0.610. The van der Waals surface area contributed by atoms with Gasteiger partial charge in [-0.05, 0) is 19.1 Å². The fourth-order valence-corrected chi connectivity index (χ4v) is 1.66. The zero-order valence-electron chi connectivity index (χ0n) is 10.4. The van der Waals surface area contributed by atoms with Crippen LogP contribution in [0.3, 0.4) is 0 Å². The number of anilines is 1. The molecule has 1 aromatic heterocycles. The highest BCUT2D eigenvalue weighted by Gasteiger charge is 2.16. The number of nitriles is 1. The van der Waals surface area contributed by atoms with Crippen LogP contribution in [0, 0.1) is 24.1 Å². The largest absolute Gasteiger partial charge is 0.306 e. The smallest absolute Gasteiger partial charge is 0.259 e. The highest BCUT2D eigenvalue weighted by molar-refractivity contribution is 6.04. The maximum absolute atomic E-state index is 13.6. The minimum absolute atomic E-state index is 0.0647. The average molecular weight is 258 g/mol. The number of carbonyl (C=O) groups is 1. The summed E-state index contributed by atoms with van der Waals surface area (Å²) in [4.78, 5) is 12.0. The maximum atomic E-state index is 13.6. The van der Waals surface area contributed by atoms with E-state index in [1.807, 2.05) is 6.07 Å². The van der Waals surface area contributed by atoms with Crippen LogP contribution in [0.15, 0.2) is 24.4 Å². The van der Waals surface area contributed by atoms with E-state index >= 15 is 0 Å². The molecule has 1 amide bonds. The Morgan fingerprint density at radius 3 is 2.95 bits per heavy atom. The fraction of sp³-hybridized carbons (Fsp3) is 0.154. The quantitative estimate of drug-likeness (QED) is 0.895. The Hall–Kier alpha value is -2.68. The summed E-state index contributed by atoms with van der Waals surface area (Å²) < 4.78 is 14.9. The Morgan fingerprint density at radius 1 is 1.53 bits per heavy atom. The molecule has 0 aliphatic rings. The number of aryl methyl sites for hydroxylation is 2. The summed E-state index contributed by atoms with van der Waals surface area (Å²) >= 11 is 0. The highest BCUT2D eigenvalue weighted by atomic mass is 19.1. The first kappa shape index (κ1) is 12.8. The summed E-state index contributed by atoms with van der Waals surface area (Å²) in [6, 6.07) is 6.17. The van der Waals surface area contributed by atoms with Crippen molar-refractivity contribution in [2.24, 2.45) is 7.05 Å². The Bertz CT molecular complexity index is 684. The van der Waals surface area contributed by atoms with E-state index in [2.05, 4.69) is 10.4 Å². The van der Waals surface area contributed by atoms with Gasteiger partial charge in [-0.2, -0.15) is 10.4 Å². The summed E-state index contributed by atoms with van der Waals surface area (Å²) in [5, 5.41) is 15.2. The monoisotopic (exact) mass is 258 g/mol. The zero-order valence-corrected chi connectivity index (χ0v) is 10.4. The van der Waals surface area contributed by atoms with E-state index in [0.29, 0.717) is 0 Å². The molecule has 2 rings (SSSR count). The van der Waals surface area contributed by atoms with Crippen LogP contribution in [0.25, 0.3) is 0 Å². The molecule has 1 aromatic carbocycles. The predicted molar refractivity (Wildman–Crippen MR) is 67.0 cm³/mol. The minimum Gasteiger partial charge on any atom is -0.306 e.